The molecular formula is C14H27NS. The normalized spacial score (nSPS) is 39.6. The molecule has 0 amide bonds. The van der Waals surface area contributed by atoms with Gasteiger partial charge in [-0.1, -0.05) is 33.6 Å². The monoisotopic (exact) mass is 241 g/mol. The Bertz CT molecular complexity index is 227. The van der Waals surface area contributed by atoms with E-state index in [-0.39, 0.29) is 0 Å². The average Bonchev–Trinajstić information content (AvgIpc) is 2.15. The highest BCUT2D eigenvalue weighted by Gasteiger charge is 2.30. The van der Waals surface area contributed by atoms with Gasteiger partial charge >= 0.3 is 0 Å². The Morgan fingerprint density at radius 1 is 1.19 bits per heavy atom. The molecule has 1 heterocycles. The Morgan fingerprint density at radius 2 is 2.00 bits per heavy atom. The summed E-state index contributed by atoms with van der Waals surface area (Å²) in [5, 5.41) is 3.92. The van der Waals surface area contributed by atoms with Gasteiger partial charge in [-0.3, -0.25) is 0 Å². The highest BCUT2D eigenvalue weighted by Crippen LogP contribution is 2.34. The summed E-state index contributed by atoms with van der Waals surface area (Å²) >= 11 is 2.14. The van der Waals surface area contributed by atoms with Crippen molar-refractivity contribution < 1.29 is 0 Å². The predicted molar refractivity (Wildman–Crippen MR) is 74.1 cm³/mol. The molecule has 3 unspecified atom stereocenters. The lowest BCUT2D eigenvalue weighted by Gasteiger charge is -2.38. The van der Waals surface area contributed by atoms with Crippen LogP contribution < -0.4 is 5.32 Å². The van der Waals surface area contributed by atoms with Crippen LogP contribution in [0.3, 0.4) is 0 Å². The van der Waals surface area contributed by atoms with Gasteiger partial charge in [0, 0.05) is 17.8 Å². The maximum Gasteiger partial charge on any atom is 0.0166 e. The lowest BCUT2D eigenvalue weighted by molar-refractivity contribution is 0.248. The van der Waals surface area contributed by atoms with Crippen LogP contribution in [0.5, 0.6) is 0 Å². The number of nitrogens with one attached hydrogen (secondary N) is 1. The molecule has 2 heteroatoms. The standard InChI is InChI=1S/C14H27NS/c1-11-5-4-6-12(7-11)15-13-8-14(2,3)10-16-9-13/h11-13,15H,4-10H2,1-3H3. The second-order valence-electron chi connectivity index (χ2n) is 6.72. The number of hydrogen-bond acceptors (Lipinski definition) is 2. The molecule has 1 nitrogen and oxygen atoms in total. The average molecular weight is 241 g/mol. The topological polar surface area (TPSA) is 12.0 Å². The maximum atomic E-state index is 3.92. The molecule has 1 saturated heterocycles. The van der Waals surface area contributed by atoms with Crippen LogP contribution in [0, 0.1) is 11.3 Å². The Morgan fingerprint density at radius 3 is 2.69 bits per heavy atom. The van der Waals surface area contributed by atoms with Gasteiger partial charge in [0.1, 0.15) is 0 Å². The fourth-order valence-corrected chi connectivity index (χ4v) is 4.58. The zero-order valence-corrected chi connectivity index (χ0v) is 11.9. The van der Waals surface area contributed by atoms with Crippen molar-refractivity contribution in [1.82, 2.24) is 5.32 Å². The molecule has 2 aliphatic rings. The molecule has 1 aliphatic heterocycles. The second-order valence-corrected chi connectivity index (χ2v) is 7.75. The van der Waals surface area contributed by atoms with Crippen molar-refractivity contribution in [2.75, 3.05) is 11.5 Å². The summed E-state index contributed by atoms with van der Waals surface area (Å²) in [5.41, 5.74) is 0.543. The van der Waals surface area contributed by atoms with Gasteiger partial charge < -0.3 is 5.32 Å². The Kier molecular flexibility index (Phi) is 4.23. The van der Waals surface area contributed by atoms with Crippen LogP contribution in [0.1, 0.15) is 52.9 Å². The van der Waals surface area contributed by atoms with Crippen LogP contribution in [0.15, 0.2) is 0 Å². The van der Waals surface area contributed by atoms with Gasteiger partial charge in [-0.05, 0) is 36.3 Å². The SMILES string of the molecule is CC1CCCC(NC2CSCC(C)(C)C2)C1. The Labute approximate surface area is 105 Å². The first kappa shape index (κ1) is 12.8. The first-order valence-corrected chi connectivity index (χ1v) is 8.04. The summed E-state index contributed by atoms with van der Waals surface area (Å²) in [6.07, 6.45) is 7.06. The Hall–Kier alpha value is 0.310. The molecule has 0 radical (unpaired) electrons. The predicted octanol–water partition coefficient (Wildman–Crippen LogP) is 3.69. The number of hydrogen-bond donors (Lipinski definition) is 1. The quantitative estimate of drug-likeness (QED) is 0.791. The van der Waals surface area contributed by atoms with Crippen LogP contribution in [0.25, 0.3) is 0 Å². The van der Waals surface area contributed by atoms with Crippen molar-refractivity contribution in [3.63, 3.8) is 0 Å². The molecule has 16 heavy (non-hydrogen) atoms. The maximum absolute atomic E-state index is 3.92. The first-order valence-electron chi connectivity index (χ1n) is 6.89. The largest absolute Gasteiger partial charge is 0.310 e. The van der Waals surface area contributed by atoms with Crippen LogP contribution in [0.2, 0.25) is 0 Å². The van der Waals surface area contributed by atoms with Crippen LogP contribution in [-0.4, -0.2) is 23.6 Å². The fraction of sp³-hybridized carbons (Fsp3) is 1.00. The van der Waals surface area contributed by atoms with E-state index in [0.29, 0.717) is 5.41 Å². The minimum absolute atomic E-state index is 0.543. The van der Waals surface area contributed by atoms with E-state index in [1.807, 2.05) is 0 Å². The van der Waals surface area contributed by atoms with Crippen LogP contribution >= 0.6 is 11.8 Å². The molecule has 1 aliphatic carbocycles. The molecule has 2 fully saturated rings. The molecule has 1 saturated carbocycles. The number of rotatable bonds is 2. The summed E-state index contributed by atoms with van der Waals surface area (Å²) in [6.45, 7) is 7.24. The smallest absolute Gasteiger partial charge is 0.0166 e. The van der Waals surface area contributed by atoms with E-state index in [2.05, 4.69) is 37.8 Å². The third kappa shape index (κ3) is 3.66. The third-order valence-corrected chi connectivity index (χ3v) is 5.64. The summed E-state index contributed by atoms with van der Waals surface area (Å²) in [7, 11) is 0. The fourth-order valence-electron chi connectivity index (χ4n) is 3.29. The van der Waals surface area contributed by atoms with Crippen molar-refractivity contribution in [2.24, 2.45) is 11.3 Å². The Balaban J connectivity index is 1.80. The van der Waals surface area contributed by atoms with E-state index in [4.69, 9.17) is 0 Å². The number of thioether (sulfide) groups is 1. The van der Waals surface area contributed by atoms with E-state index in [9.17, 15) is 0 Å². The molecule has 1 N–H and O–H groups in total. The van der Waals surface area contributed by atoms with Crippen LogP contribution in [0.4, 0.5) is 0 Å². The molecule has 3 atom stereocenters. The molecule has 2 rings (SSSR count). The van der Waals surface area contributed by atoms with E-state index in [0.717, 1.165) is 18.0 Å². The highest BCUT2D eigenvalue weighted by molar-refractivity contribution is 7.99. The first-order chi connectivity index (χ1) is 7.55. The summed E-state index contributed by atoms with van der Waals surface area (Å²) in [6, 6.07) is 1.58. The zero-order valence-electron chi connectivity index (χ0n) is 11.1. The van der Waals surface area contributed by atoms with Gasteiger partial charge in [-0.25, -0.2) is 0 Å². The molecule has 0 aromatic carbocycles. The molecule has 0 aromatic rings. The molecule has 94 valence electrons. The van der Waals surface area contributed by atoms with Crippen LogP contribution in [-0.2, 0) is 0 Å². The van der Waals surface area contributed by atoms with Crippen molar-refractivity contribution in [2.45, 2.75) is 65.0 Å². The minimum Gasteiger partial charge on any atom is -0.310 e. The lowest BCUT2D eigenvalue weighted by atomic mass is 9.84. The van der Waals surface area contributed by atoms with Gasteiger partial charge in [0.25, 0.3) is 0 Å². The van der Waals surface area contributed by atoms with Gasteiger partial charge in [0.05, 0.1) is 0 Å². The second kappa shape index (κ2) is 5.30. The summed E-state index contributed by atoms with van der Waals surface area (Å²) < 4.78 is 0. The zero-order chi connectivity index (χ0) is 11.6. The third-order valence-electron chi connectivity index (χ3n) is 4.02. The van der Waals surface area contributed by atoms with Gasteiger partial charge in [0.15, 0.2) is 0 Å². The molecule has 0 spiro atoms. The molecule has 0 aromatic heterocycles. The molecular weight excluding hydrogens is 214 g/mol. The molecule has 0 bridgehead atoms. The summed E-state index contributed by atoms with van der Waals surface area (Å²) in [5.74, 6) is 3.61. The highest BCUT2D eigenvalue weighted by atomic mass is 32.2. The van der Waals surface area contributed by atoms with E-state index < -0.39 is 0 Å². The van der Waals surface area contributed by atoms with Crippen molar-refractivity contribution in [3.05, 3.63) is 0 Å². The minimum atomic E-state index is 0.543. The van der Waals surface area contributed by atoms with E-state index in [1.165, 1.54) is 43.6 Å². The van der Waals surface area contributed by atoms with Crippen molar-refractivity contribution in [1.29, 1.82) is 0 Å². The van der Waals surface area contributed by atoms with E-state index in [1.54, 1.807) is 0 Å². The van der Waals surface area contributed by atoms with E-state index >= 15 is 0 Å². The van der Waals surface area contributed by atoms with Crippen molar-refractivity contribution in [3.8, 4) is 0 Å². The van der Waals surface area contributed by atoms with Gasteiger partial charge in [-0.15, -0.1) is 0 Å². The van der Waals surface area contributed by atoms with Gasteiger partial charge in [-0.2, -0.15) is 11.8 Å². The van der Waals surface area contributed by atoms with Gasteiger partial charge in [0.2, 0.25) is 0 Å². The lowest BCUT2D eigenvalue weighted by Crippen LogP contribution is -2.46. The van der Waals surface area contributed by atoms with Crippen molar-refractivity contribution >= 4 is 11.8 Å². The summed E-state index contributed by atoms with van der Waals surface area (Å²) in [4.78, 5) is 0.